The van der Waals surface area contributed by atoms with Crippen LogP contribution in [0.4, 0.5) is 0 Å². The standard InChI is InChI=1S/C17H22BrN5OS/c1-11-6-2-5-9-14(11)20-15(24)10-25-17-22-21-16(23(17)19)12-7-3-4-8-13(12)18/h3-4,7-8,11,14H,2,5-6,9-10,19H2,1H3,(H,20,24). The number of nitrogens with two attached hydrogens (primary N) is 1. The Kier molecular flexibility index (Phi) is 6.01. The molecule has 6 nitrogen and oxygen atoms in total. The van der Waals surface area contributed by atoms with E-state index in [2.05, 4.69) is 38.4 Å². The maximum absolute atomic E-state index is 12.2. The molecular formula is C17H22BrN5OS. The lowest BCUT2D eigenvalue weighted by Gasteiger charge is -2.29. The maximum atomic E-state index is 12.2. The number of nitrogens with zero attached hydrogens (tertiary/aromatic N) is 3. The van der Waals surface area contributed by atoms with E-state index < -0.39 is 0 Å². The zero-order valence-corrected chi connectivity index (χ0v) is 16.5. The Balaban J connectivity index is 1.60. The minimum atomic E-state index is 0.0224. The lowest BCUT2D eigenvalue weighted by molar-refractivity contribution is -0.119. The number of amides is 1. The molecule has 3 rings (SSSR count). The van der Waals surface area contributed by atoms with Crippen LogP contribution >= 0.6 is 27.7 Å². The van der Waals surface area contributed by atoms with Gasteiger partial charge in [-0.3, -0.25) is 4.79 Å². The number of hydrogen-bond acceptors (Lipinski definition) is 5. The number of aromatic nitrogens is 3. The minimum Gasteiger partial charge on any atom is -0.352 e. The van der Waals surface area contributed by atoms with Crippen molar-refractivity contribution in [3.05, 3.63) is 28.7 Å². The molecule has 0 aliphatic heterocycles. The molecule has 1 fully saturated rings. The smallest absolute Gasteiger partial charge is 0.230 e. The first-order valence-corrected chi connectivity index (χ1v) is 10.2. The molecule has 2 atom stereocenters. The summed E-state index contributed by atoms with van der Waals surface area (Å²) in [6, 6.07) is 7.98. The molecule has 0 bridgehead atoms. The number of thioether (sulfide) groups is 1. The van der Waals surface area contributed by atoms with E-state index in [0.29, 0.717) is 16.9 Å². The van der Waals surface area contributed by atoms with E-state index >= 15 is 0 Å². The van der Waals surface area contributed by atoms with Gasteiger partial charge in [0.25, 0.3) is 0 Å². The predicted octanol–water partition coefficient (Wildman–Crippen LogP) is 3.21. The summed E-state index contributed by atoms with van der Waals surface area (Å²) < 4.78 is 2.33. The first kappa shape index (κ1) is 18.3. The van der Waals surface area contributed by atoms with Gasteiger partial charge in [0, 0.05) is 16.1 Å². The van der Waals surface area contributed by atoms with Gasteiger partial charge in [-0.1, -0.05) is 59.6 Å². The van der Waals surface area contributed by atoms with Crippen LogP contribution in [0.5, 0.6) is 0 Å². The second-order valence-electron chi connectivity index (χ2n) is 6.38. The van der Waals surface area contributed by atoms with Crippen molar-refractivity contribution in [3.63, 3.8) is 0 Å². The number of hydrogen-bond donors (Lipinski definition) is 2. The number of halogens is 1. The quantitative estimate of drug-likeness (QED) is 0.569. The molecule has 1 aromatic heterocycles. The molecule has 2 unspecified atom stereocenters. The summed E-state index contributed by atoms with van der Waals surface area (Å²) in [7, 11) is 0. The Bertz CT molecular complexity index is 750. The Morgan fingerprint density at radius 3 is 2.88 bits per heavy atom. The molecule has 134 valence electrons. The van der Waals surface area contributed by atoms with E-state index in [-0.39, 0.29) is 17.7 Å². The minimum absolute atomic E-state index is 0.0224. The van der Waals surface area contributed by atoms with Crippen molar-refractivity contribution in [3.8, 4) is 11.4 Å². The molecule has 1 aliphatic carbocycles. The molecule has 1 heterocycles. The highest BCUT2D eigenvalue weighted by Crippen LogP contribution is 2.28. The van der Waals surface area contributed by atoms with E-state index in [1.807, 2.05) is 24.3 Å². The summed E-state index contributed by atoms with van der Waals surface area (Å²) in [6.07, 6.45) is 4.70. The molecular weight excluding hydrogens is 402 g/mol. The monoisotopic (exact) mass is 423 g/mol. The third-order valence-corrected chi connectivity index (χ3v) is 6.20. The fourth-order valence-corrected chi connectivity index (χ4v) is 4.24. The largest absolute Gasteiger partial charge is 0.352 e. The van der Waals surface area contributed by atoms with Crippen molar-refractivity contribution in [1.82, 2.24) is 20.2 Å². The molecule has 2 aromatic rings. The van der Waals surface area contributed by atoms with Crippen LogP contribution in [0.25, 0.3) is 11.4 Å². The Morgan fingerprint density at radius 2 is 2.12 bits per heavy atom. The van der Waals surface area contributed by atoms with Gasteiger partial charge in [0.05, 0.1) is 5.75 Å². The van der Waals surface area contributed by atoms with Gasteiger partial charge in [0.1, 0.15) is 0 Å². The van der Waals surface area contributed by atoms with Crippen molar-refractivity contribution in [1.29, 1.82) is 0 Å². The third kappa shape index (κ3) is 4.36. The van der Waals surface area contributed by atoms with Gasteiger partial charge in [0.15, 0.2) is 5.82 Å². The van der Waals surface area contributed by atoms with Gasteiger partial charge < -0.3 is 11.2 Å². The fraction of sp³-hybridized carbons (Fsp3) is 0.471. The van der Waals surface area contributed by atoms with E-state index in [1.54, 1.807) is 0 Å². The molecule has 25 heavy (non-hydrogen) atoms. The average Bonchev–Trinajstić information content (AvgIpc) is 2.96. The lowest BCUT2D eigenvalue weighted by atomic mass is 9.86. The van der Waals surface area contributed by atoms with Gasteiger partial charge in [-0.05, 0) is 30.9 Å². The molecule has 8 heteroatoms. The van der Waals surface area contributed by atoms with E-state index in [4.69, 9.17) is 5.84 Å². The van der Waals surface area contributed by atoms with Crippen LogP contribution in [0.1, 0.15) is 32.6 Å². The molecule has 0 saturated heterocycles. The van der Waals surface area contributed by atoms with Crippen LogP contribution in [-0.2, 0) is 4.79 Å². The zero-order chi connectivity index (χ0) is 17.8. The Hall–Kier alpha value is -1.54. The van der Waals surface area contributed by atoms with Crippen LogP contribution < -0.4 is 11.2 Å². The summed E-state index contributed by atoms with van der Waals surface area (Å²) >= 11 is 4.80. The van der Waals surface area contributed by atoms with Gasteiger partial charge in [-0.25, -0.2) is 4.68 Å². The van der Waals surface area contributed by atoms with Crippen LogP contribution in [0.3, 0.4) is 0 Å². The zero-order valence-electron chi connectivity index (χ0n) is 14.1. The number of benzene rings is 1. The number of carbonyl (C=O) groups is 1. The first-order valence-electron chi connectivity index (χ1n) is 8.44. The van der Waals surface area contributed by atoms with Crippen LogP contribution in [0.15, 0.2) is 33.9 Å². The normalized spacial score (nSPS) is 20.4. The van der Waals surface area contributed by atoms with Crippen molar-refractivity contribution in [2.75, 3.05) is 11.6 Å². The molecule has 1 aliphatic rings. The van der Waals surface area contributed by atoms with Gasteiger partial charge in [-0.2, -0.15) is 0 Å². The topological polar surface area (TPSA) is 85.8 Å². The van der Waals surface area contributed by atoms with Gasteiger partial charge in [-0.15, -0.1) is 10.2 Å². The number of carbonyl (C=O) groups excluding carboxylic acids is 1. The van der Waals surface area contributed by atoms with E-state index in [9.17, 15) is 4.79 Å². The molecule has 0 radical (unpaired) electrons. The summed E-state index contributed by atoms with van der Waals surface area (Å²) in [6.45, 7) is 2.21. The lowest BCUT2D eigenvalue weighted by Crippen LogP contribution is -2.41. The van der Waals surface area contributed by atoms with Crippen molar-refractivity contribution in [2.45, 2.75) is 43.8 Å². The number of nitrogen functional groups attached to an aromatic ring is 1. The molecule has 0 spiro atoms. The van der Waals surface area contributed by atoms with Crippen LogP contribution in [-0.4, -0.2) is 32.6 Å². The van der Waals surface area contributed by atoms with Gasteiger partial charge in [0.2, 0.25) is 11.1 Å². The third-order valence-electron chi connectivity index (χ3n) is 4.57. The highest BCUT2D eigenvalue weighted by atomic mass is 79.9. The summed E-state index contributed by atoms with van der Waals surface area (Å²) in [5.41, 5.74) is 0.866. The van der Waals surface area contributed by atoms with Gasteiger partial charge >= 0.3 is 0 Å². The summed E-state index contributed by atoms with van der Waals surface area (Å²) in [4.78, 5) is 12.2. The molecule has 3 N–H and O–H groups in total. The van der Waals surface area contributed by atoms with E-state index in [1.165, 1.54) is 35.7 Å². The molecule has 1 saturated carbocycles. The summed E-state index contributed by atoms with van der Waals surface area (Å²) in [5.74, 6) is 7.53. The van der Waals surface area contributed by atoms with E-state index in [0.717, 1.165) is 16.5 Å². The van der Waals surface area contributed by atoms with Crippen LogP contribution in [0, 0.1) is 5.92 Å². The highest BCUT2D eigenvalue weighted by Gasteiger charge is 2.23. The first-order chi connectivity index (χ1) is 12.1. The van der Waals surface area contributed by atoms with Crippen molar-refractivity contribution >= 4 is 33.6 Å². The predicted molar refractivity (Wildman–Crippen MR) is 104 cm³/mol. The number of rotatable bonds is 5. The highest BCUT2D eigenvalue weighted by molar-refractivity contribution is 9.10. The molecule has 1 amide bonds. The summed E-state index contributed by atoms with van der Waals surface area (Å²) in [5, 5.41) is 11.9. The van der Waals surface area contributed by atoms with Crippen molar-refractivity contribution in [2.24, 2.45) is 5.92 Å². The Labute approximate surface area is 160 Å². The maximum Gasteiger partial charge on any atom is 0.230 e. The second-order valence-corrected chi connectivity index (χ2v) is 8.18. The fourth-order valence-electron chi connectivity index (χ4n) is 3.11. The number of nitrogens with one attached hydrogen (secondary N) is 1. The Morgan fingerprint density at radius 1 is 1.36 bits per heavy atom. The van der Waals surface area contributed by atoms with Crippen molar-refractivity contribution < 1.29 is 4.79 Å². The average molecular weight is 424 g/mol. The second kappa shape index (κ2) is 8.23. The van der Waals surface area contributed by atoms with Crippen LogP contribution in [0.2, 0.25) is 0 Å². The SMILES string of the molecule is CC1CCCCC1NC(=O)CSc1nnc(-c2ccccc2Br)n1N. The molecule has 1 aromatic carbocycles.